The SMILES string of the molecule is CCC(C)c1ccccc1NC(=O)C=Cc1ccc(Cl)cc1. The predicted molar refractivity (Wildman–Crippen MR) is 94.3 cm³/mol. The van der Waals surface area contributed by atoms with Crippen molar-refractivity contribution in [2.45, 2.75) is 26.2 Å². The molecule has 0 fully saturated rings. The van der Waals surface area contributed by atoms with Gasteiger partial charge in [0.1, 0.15) is 0 Å². The number of nitrogens with one attached hydrogen (secondary N) is 1. The molecule has 0 bridgehead atoms. The fourth-order valence-electron chi connectivity index (χ4n) is 2.18. The summed E-state index contributed by atoms with van der Waals surface area (Å²) >= 11 is 5.84. The molecule has 2 rings (SSSR count). The molecule has 0 saturated heterocycles. The number of rotatable bonds is 5. The second kappa shape index (κ2) is 7.81. The Morgan fingerprint density at radius 1 is 1.18 bits per heavy atom. The van der Waals surface area contributed by atoms with Gasteiger partial charge >= 0.3 is 0 Å². The van der Waals surface area contributed by atoms with E-state index in [-0.39, 0.29) is 5.91 Å². The third-order valence-corrected chi connectivity index (χ3v) is 3.91. The first-order valence-corrected chi connectivity index (χ1v) is 7.81. The molecule has 2 nitrogen and oxygen atoms in total. The lowest BCUT2D eigenvalue weighted by Crippen LogP contribution is -2.10. The Hall–Kier alpha value is -2.06. The first-order valence-electron chi connectivity index (χ1n) is 7.43. The van der Waals surface area contributed by atoms with Gasteiger partial charge in [-0.05, 0) is 47.7 Å². The average Bonchev–Trinajstić information content (AvgIpc) is 2.54. The van der Waals surface area contributed by atoms with Gasteiger partial charge in [0, 0.05) is 16.8 Å². The highest BCUT2D eigenvalue weighted by atomic mass is 35.5. The molecule has 0 heterocycles. The molecular weight excluding hydrogens is 294 g/mol. The topological polar surface area (TPSA) is 29.1 Å². The molecule has 1 atom stereocenters. The van der Waals surface area contributed by atoms with Crippen molar-refractivity contribution in [1.29, 1.82) is 0 Å². The number of halogens is 1. The Morgan fingerprint density at radius 2 is 1.86 bits per heavy atom. The molecule has 0 aromatic heterocycles. The van der Waals surface area contributed by atoms with Gasteiger partial charge in [0.15, 0.2) is 0 Å². The van der Waals surface area contributed by atoms with Crippen LogP contribution in [0.25, 0.3) is 6.08 Å². The molecule has 1 amide bonds. The molecular formula is C19H20ClNO. The molecule has 3 heteroatoms. The molecule has 0 aliphatic carbocycles. The monoisotopic (exact) mass is 313 g/mol. The molecule has 1 N–H and O–H groups in total. The van der Waals surface area contributed by atoms with Gasteiger partial charge in [-0.1, -0.05) is 55.8 Å². The fourth-order valence-corrected chi connectivity index (χ4v) is 2.31. The Bertz CT molecular complexity index is 661. The summed E-state index contributed by atoms with van der Waals surface area (Å²) in [6.07, 6.45) is 4.35. The highest BCUT2D eigenvalue weighted by Gasteiger charge is 2.09. The lowest BCUT2D eigenvalue weighted by Gasteiger charge is -2.14. The van der Waals surface area contributed by atoms with Gasteiger partial charge in [-0.3, -0.25) is 4.79 Å². The van der Waals surface area contributed by atoms with Gasteiger partial charge < -0.3 is 5.32 Å². The first-order chi connectivity index (χ1) is 10.6. The van der Waals surface area contributed by atoms with E-state index in [4.69, 9.17) is 11.6 Å². The zero-order chi connectivity index (χ0) is 15.9. The highest BCUT2D eigenvalue weighted by Crippen LogP contribution is 2.26. The molecule has 0 saturated carbocycles. The maximum Gasteiger partial charge on any atom is 0.248 e. The molecule has 0 radical (unpaired) electrons. The first kappa shape index (κ1) is 16.3. The molecule has 2 aromatic rings. The standard InChI is InChI=1S/C19H20ClNO/c1-3-14(2)17-6-4-5-7-18(17)21-19(22)13-10-15-8-11-16(20)12-9-15/h4-14H,3H2,1-2H3,(H,21,22). The molecule has 2 aromatic carbocycles. The van der Waals surface area contributed by atoms with Crippen molar-refractivity contribution in [2.75, 3.05) is 5.32 Å². The summed E-state index contributed by atoms with van der Waals surface area (Å²) in [5.41, 5.74) is 2.98. The summed E-state index contributed by atoms with van der Waals surface area (Å²) in [4.78, 5) is 12.1. The van der Waals surface area contributed by atoms with Crippen molar-refractivity contribution in [2.24, 2.45) is 0 Å². The average molecular weight is 314 g/mol. The highest BCUT2D eigenvalue weighted by molar-refractivity contribution is 6.30. The Balaban J connectivity index is 2.08. The lowest BCUT2D eigenvalue weighted by atomic mass is 9.97. The number of carbonyl (C=O) groups is 1. The third-order valence-electron chi connectivity index (χ3n) is 3.66. The number of hydrogen-bond acceptors (Lipinski definition) is 1. The van der Waals surface area contributed by atoms with E-state index < -0.39 is 0 Å². The van der Waals surface area contributed by atoms with Crippen molar-refractivity contribution in [3.8, 4) is 0 Å². The van der Waals surface area contributed by atoms with Crippen molar-refractivity contribution in [1.82, 2.24) is 0 Å². The van der Waals surface area contributed by atoms with E-state index in [1.807, 2.05) is 30.3 Å². The smallest absolute Gasteiger partial charge is 0.248 e. The van der Waals surface area contributed by atoms with E-state index in [9.17, 15) is 4.79 Å². The summed E-state index contributed by atoms with van der Waals surface area (Å²) in [5, 5.41) is 3.64. The van der Waals surface area contributed by atoms with Crippen LogP contribution in [0.2, 0.25) is 5.02 Å². The Labute approximate surface area is 136 Å². The van der Waals surface area contributed by atoms with Crippen LogP contribution in [-0.2, 0) is 4.79 Å². The number of carbonyl (C=O) groups excluding carboxylic acids is 1. The van der Waals surface area contributed by atoms with Crippen LogP contribution in [0, 0.1) is 0 Å². The predicted octanol–water partition coefficient (Wildman–Crippen LogP) is 5.51. The molecule has 0 aliphatic rings. The van der Waals surface area contributed by atoms with Crippen LogP contribution in [0.3, 0.4) is 0 Å². The Kier molecular flexibility index (Phi) is 5.79. The second-order valence-electron chi connectivity index (χ2n) is 5.27. The van der Waals surface area contributed by atoms with Gasteiger partial charge in [0.2, 0.25) is 5.91 Å². The van der Waals surface area contributed by atoms with Gasteiger partial charge in [0.25, 0.3) is 0 Å². The van der Waals surface area contributed by atoms with E-state index >= 15 is 0 Å². The van der Waals surface area contributed by atoms with Crippen LogP contribution in [0.4, 0.5) is 5.69 Å². The lowest BCUT2D eigenvalue weighted by molar-refractivity contribution is -0.111. The van der Waals surface area contributed by atoms with Gasteiger partial charge in [-0.25, -0.2) is 0 Å². The van der Waals surface area contributed by atoms with E-state index in [2.05, 4.69) is 25.2 Å². The van der Waals surface area contributed by atoms with Crippen LogP contribution < -0.4 is 5.32 Å². The largest absolute Gasteiger partial charge is 0.322 e. The quantitative estimate of drug-likeness (QED) is 0.725. The van der Waals surface area contributed by atoms with Crippen molar-refractivity contribution in [3.05, 3.63) is 70.8 Å². The normalized spacial score (nSPS) is 12.3. The fraction of sp³-hybridized carbons (Fsp3) is 0.211. The molecule has 0 spiro atoms. The minimum Gasteiger partial charge on any atom is -0.322 e. The van der Waals surface area contributed by atoms with Gasteiger partial charge in [0.05, 0.1) is 0 Å². The minimum absolute atomic E-state index is 0.134. The van der Waals surface area contributed by atoms with Crippen LogP contribution in [0.15, 0.2) is 54.6 Å². The van der Waals surface area contributed by atoms with Crippen molar-refractivity contribution >= 4 is 29.3 Å². The summed E-state index contributed by atoms with van der Waals surface area (Å²) in [6, 6.07) is 15.3. The van der Waals surface area contributed by atoms with Crippen LogP contribution in [0.5, 0.6) is 0 Å². The van der Waals surface area contributed by atoms with Gasteiger partial charge in [-0.2, -0.15) is 0 Å². The molecule has 22 heavy (non-hydrogen) atoms. The minimum atomic E-state index is -0.134. The molecule has 0 aliphatic heterocycles. The second-order valence-corrected chi connectivity index (χ2v) is 5.71. The maximum atomic E-state index is 12.1. The van der Waals surface area contributed by atoms with Crippen molar-refractivity contribution < 1.29 is 4.79 Å². The number of para-hydroxylation sites is 1. The third kappa shape index (κ3) is 4.47. The zero-order valence-electron chi connectivity index (χ0n) is 12.8. The summed E-state index contributed by atoms with van der Waals surface area (Å²) < 4.78 is 0. The maximum absolute atomic E-state index is 12.1. The summed E-state index contributed by atoms with van der Waals surface area (Å²) in [5.74, 6) is 0.280. The van der Waals surface area contributed by atoms with E-state index in [1.165, 1.54) is 11.6 Å². The zero-order valence-corrected chi connectivity index (χ0v) is 13.6. The number of benzene rings is 2. The number of amides is 1. The van der Waals surface area contributed by atoms with Crippen LogP contribution >= 0.6 is 11.6 Å². The van der Waals surface area contributed by atoms with E-state index in [0.29, 0.717) is 10.9 Å². The number of hydrogen-bond donors (Lipinski definition) is 1. The van der Waals surface area contributed by atoms with E-state index in [1.54, 1.807) is 18.2 Å². The molecule has 1 unspecified atom stereocenters. The number of anilines is 1. The van der Waals surface area contributed by atoms with E-state index in [0.717, 1.165) is 17.7 Å². The molecule has 114 valence electrons. The summed E-state index contributed by atoms with van der Waals surface area (Å²) in [7, 11) is 0. The van der Waals surface area contributed by atoms with Crippen molar-refractivity contribution in [3.63, 3.8) is 0 Å². The van der Waals surface area contributed by atoms with Gasteiger partial charge in [-0.15, -0.1) is 0 Å². The van der Waals surface area contributed by atoms with Crippen LogP contribution in [0.1, 0.15) is 37.3 Å². The Morgan fingerprint density at radius 3 is 2.55 bits per heavy atom. The summed E-state index contributed by atoms with van der Waals surface area (Å²) in [6.45, 7) is 4.30. The van der Waals surface area contributed by atoms with Crippen LogP contribution in [-0.4, -0.2) is 5.91 Å².